The molecule has 1 aliphatic carbocycles. The monoisotopic (exact) mass is 165 g/mol. The van der Waals surface area contributed by atoms with Crippen molar-refractivity contribution in [2.75, 3.05) is 5.73 Å². The number of nitrogen functional groups attached to an aromatic ring is 1. The van der Waals surface area contributed by atoms with Gasteiger partial charge in [-0.15, -0.1) is 0 Å². The largest absolute Gasteiger partial charge is 0.393 e. The Kier molecular flexibility index (Phi) is 1.43. The van der Waals surface area contributed by atoms with Crippen LogP contribution in [0.1, 0.15) is 30.3 Å². The van der Waals surface area contributed by atoms with Crippen molar-refractivity contribution in [3.05, 3.63) is 21.9 Å². The number of anilines is 1. The first-order chi connectivity index (χ1) is 5.68. The van der Waals surface area contributed by atoms with E-state index >= 15 is 0 Å². The van der Waals surface area contributed by atoms with Crippen molar-refractivity contribution in [1.82, 2.24) is 9.97 Å². The zero-order valence-corrected chi connectivity index (χ0v) is 6.92. The lowest BCUT2D eigenvalue weighted by molar-refractivity contribution is 0.929. The van der Waals surface area contributed by atoms with Crippen LogP contribution in [0.3, 0.4) is 0 Å². The number of H-pyrrole nitrogens is 1. The zero-order valence-electron chi connectivity index (χ0n) is 6.92. The van der Waals surface area contributed by atoms with Gasteiger partial charge in [0, 0.05) is 5.92 Å². The van der Waals surface area contributed by atoms with Gasteiger partial charge in [-0.3, -0.25) is 4.79 Å². The summed E-state index contributed by atoms with van der Waals surface area (Å²) in [5.74, 6) is 1.09. The van der Waals surface area contributed by atoms with E-state index < -0.39 is 0 Å². The van der Waals surface area contributed by atoms with Gasteiger partial charge < -0.3 is 10.7 Å². The number of nitrogens with two attached hydrogens (primary N) is 1. The van der Waals surface area contributed by atoms with E-state index in [1.807, 2.05) is 0 Å². The molecule has 0 amide bonds. The highest BCUT2D eigenvalue weighted by Crippen LogP contribution is 2.40. The lowest BCUT2D eigenvalue weighted by atomic mass is 10.2. The molecule has 3 N–H and O–H groups in total. The normalized spacial score (nSPS) is 16.4. The summed E-state index contributed by atoms with van der Waals surface area (Å²) in [6.07, 6.45) is 2.22. The number of nitrogens with one attached hydrogen (secondary N) is 1. The number of rotatable bonds is 1. The summed E-state index contributed by atoms with van der Waals surface area (Å²) in [4.78, 5) is 18.0. The second-order valence-electron chi connectivity index (χ2n) is 3.22. The molecule has 1 fully saturated rings. The SMILES string of the molecule is Cc1nc(C2CC2)c(N)c(=O)[nH]1. The first-order valence-electron chi connectivity index (χ1n) is 4.05. The van der Waals surface area contributed by atoms with Crippen LogP contribution in [0.5, 0.6) is 0 Å². The van der Waals surface area contributed by atoms with Gasteiger partial charge in [-0.05, 0) is 19.8 Å². The predicted molar refractivity (Wildman–Crippen MR) is 46.0 cm³/mol. The molecule has 1 aromatic rings. The van der Waals surface area contributed by atoms with E-state index in [9.17, 15) is 4.79 Å². The van der Waals surface area contributed by atoms with Crippen LogP contribution in [0.2, 0.25) is 0 Å². The Hall–Kier alpha value is -1.32. The molecule has 4 heteroatoms. The van der Waals surface area contributed by atoms with Gasteiger partial charge in [0.2, 0.25) is 0 Å². The molecule has 0 bridgehead atoms. The highest BCUT2D eigenvalue weighted by atomic mass is 16.1. The highest BCUT2D eigenvalue weighted by molar-refractivity contribution is 5.44. The van der Waals surface area contributed by atoms with E-state index in [0.717, 1.165) is 18.5 Å². The van der Waals surface area contributed by atoms with Crippen molar-refractivity contribution in [3.63, 3.8) is 0 Å². The highest BCUT2D eigenvalue weighted by Gasteiger charge is 2.28. The molecule has 1 aliphatic rings. The fourth-order valence-corrected chi connectivity index (χ4v) is 1.28. The van der Waals surface area contributed by atoms with Crippen LogP contribution in [0, 0.1) is 6.92 Å². The minimum atomic E-state index is -0.204. The number of nitrogens with zero attached hydrogens (tertiary/aromatic N) is 1. The standard InChI is InChI=1S/C8H11N3O/c1-4-10-7(5-2-3-5)6(9)8(12)11-4/h5H,2-3,9H2,1H3,(H,10,11,12). The molecule has 0 aliphatic heterocycles. The number of hydrogen-bond donors (Lipinski definition) is 2. The Morgan fingerprint density at radius 3 is 2.83 bits per heavy atom. The summed E-state index contributed by atoms with van der Waals surface area (Å²) in [5.41, 5.74) is 6.46. The van der Waals surface area contributed by atoms with Gasteiger partial charge in [0.05, 0.1) is 5.69 Å². The molecule has 64 valence electrons. The minimum Gasteiger partial charge on any atom is -0.393 e. The van der Waals surface area contributed by atoms with Gasteiger partial charge in [0.15, 0.2) is 0 Å². The van der Waals surface area contributed by atoms with E-state index in [2.05, 4.69) is 9.97 Å². The van der Waals surface area contributed by atoms with Crippen LogP contribution < -0.4 is 11.3 Å². The predicted octanol–water partition coefficient (Wildman–Crippen LogP) is 0.538. The fraction of sp³-hybridized carbons (Fsp3) is 0.500. The van der Waals surface area contributed by atoms with Gasteiger partial charge in [0.1, 0.15) is 11.5 Å². The van der Waals surface area contributed by atoms with E-state index in [-0.39, 0.29) is 5.56 Å². The molecule has 0 aromatic carbocycles. The van der Waals surface area contributed by atoms with Crippen molar-refractivity contribution in [2.45, 2.75) is 25.7 Å². The lowest BCUT2D eigenvalue weighted by Gasteiger charge is -2.02. The smallest absolute Gasteiger partial charge is 0.274 e. The van der Waals surface area contributed by atoms with Gasteiger partial charge in [-0.1, -0.05) is 0 Å². The molecular formula is C8H11N3O. The van der Waals surface area contributed by atoms with Crippen LogP contribution >= 0.6 is 0 Å². The van der Waals surface area contributed by atoms with Crippen LogP contribution in [-0.4, -0.2) is 9.97 Å². The molecule has 1 saturated carbocycles. The molecule has 0 atom stereocenters. The summed E-state index contributed by atoms with van der Waals surface area (Å²) in [6, 6.07) is 0. The number of hydrogen-bond acceptors (Lipinski definition) is 3. The maximum atomic E-state index is 11.2. The van der Waals surface area contributed by atoms with E-state index in [1.54, 1.807) is 6.92 Å². The molecule has 0 radical (unpaired) electrons. The van der Waals surface area contributed by atoms with Crippen molar-refractivity contribution in [1.29, 1.82) is 0 Å². The third-order valence-corrected chi connectivity index (χ3v) is 2.07. The van der Waals surface area contributed by atoms with Gasteiger partial charge in [0.25, 0.3) is 5.56 Å². The van der Waals surface area contributed by atoms with Gasteiger partial charge >= 0.3 is 0 Å². The maximum absolute atomic E-state index is 11.2. The molecule has 12 heavy (non-hydrogen) atoms. The topological polar surface area (TPSA) is 71.8 Å². The Morgan fingerprint density at radius 1 is 1.58 bits per heavy atom. The Balaban J connectivity index is 2.58. The Bertz CT molecular complexity index is 365. The van der Waals surface area contributed by atoms with E-state index in [4.69, 9.17) is 5.73 Å². The molecule has 4 nitrogen and oxygen atoms in total. The third-order valence-electron chi connectivity index (χ3n) is 2.07. The number of aromatic nitrogens is 2. The molecule has 0 spiro atoms. The van der Waals surface area contributed by atoms with Crippen molar-refractivity contribution in [3.8, 4) is 0 Å². The summed E-state index contributed by atoms with van der Waals surface area (Å²) >= 11 is 0. The summed E-state index contributed by atoms with van der Waals surface area (Å²) in [6.45, 7) is 1.77. The summed E-state index contributed by atoms with van der Waals surface area (Å²) in [5, 5.41) is 0. The molecular weight excluding hydrogens is 154 g/mol. The first kappa shape index (κ1) is 7.34. The first-order valence-corrected chi connectivity index (χ1v) is 4.05. The van der Waals surface area contributed by atoms with Gasteiger partial charge in [-0.25, -0.2) is 4.98 Å². The van der Waals surface area contributed by atoms with Crippen LogP contribution in [0.4, 0.5) is 5.69 Å². The average molecular weight is 165 g/mol. The second-order valence-corrected chi connectivity index (χ2v) is 3.22. The van der Waals surface area contributed by atoms with Crippen molar-refractivity contribution < 1.29 is 0 Å². The second kappa shape index (κ2) is 2.33. The molecule has 1 aromatic heterocycles. The Labute approximate surface area is 69.8 Å². The molecule has 0 unspecified atom stereocenters. The fourth-order valence-electron chi connectivity index (χ4n) is 1.28. The quantitative estimate of drug-likeness (QED) is 0.637. The van der Waals surface area contributed by atoms with Gasteiger partial charge in [-0.2, -0.15) is 0 Å². The third kappa shape index (κ3) is 1.09. The van der Waals surface area contributed by atoms with Crippen LogP contribution in [0.25, 0.3) is 0 Å². The zero-order chi connectivity index (χ0) is 8.72. The maximum Gasteiger partial charge on any atom is 0.274 e. The molecule has 1 heterocycles. The lowest BCUT2D eigenvalue weighted by Crippen LogP contribution is -2.17. The minimum absolute atomic E-state index is 0.204. The van der Waals surface area contributed by atoms with Crippen LogP contribution in [-0.2, 0) is 0 Å². The summed E-state index contributed by atoms with van der Waals surface area (Å²) < 4.78 is 0. The molecule has 2 rings (SSSR count). The number of aryl methyl sites for hydroxylation is 1. The molecule has 0 saturated heterocycles. The van der Waals surface area contributed by atoms with E-state index in [1.165, 1.54) is 0 Å². The Morgan fingerprint density at radius 2 is 2.25 bits per heavy atom. The van der Waals surface area contributed by atoms with E-state index in [0.29, 0.717) is 17.4 Å². The van der Waals surface area contributed by atoms with Crippen LogP contribution in [0.15, 0.2) is 4.79 Å². The summed E-state index contributed by atoms with van der Waals surface area (Å²) in [7, 11) is 0. The van der Waals surface area contributed by atoms with Crippen molar-refractivity contribution in [2.24, 2.45) is 0 Å². The number of aromatic amines is 1. The average Bonchev–Trinajstić information content (AvgIpc) is 2.79. The van der Waals surface area contributed by atoms with Crippen molar-refractivity contribution >= 4 is 5.69 Å².